The van der Waals surface area contributed by atoms with Crippen molar-refractivity contribution >= 4 is 44.8 Å². The van der Waals surface area contributed by atoms with E-state index in [4.69, 9.17) is 16.7 Å². The van der Waals surface area contributed by atoms with Crippen LogP contribution in [0.15, 0.2) is 0 Å². The van der Waals surface area contributed by atoms with Gasteiger partial charge in [0.15, 0.2) is 15.2 Å². The van der Waals surface area contributed by atoms with Gasteiger partial charge in [-0.05, 0) is 0 Å². The minimum absolute atomic E-state index is 0.0270. The molecule has 0 radical (unpaired) electrons. The Morgan fingerprint density at radius 3 is 2.62 bits per heavy atom. The van der Waals surface area contributed by atoms with Crippen LogP contribution >= 0.6 is 22.9 Å². The van der Waals surface area contributed by atoms with Crippen molar-refractivity contribution in [3.63, 3.8) is 0 Å². The number of carbonyl (C=O) groups is 1. The van der Waals surface area contributed by atoms with Gasteiger partial charge < -0.3 is 10.0 Å². The fraction of sp³-hybridized carbons (Fsp3) is 0.500. The maximum absolute atomic E-state index is 11.2. The van der Waals surface area contributed by atoms with Crippen LogP contribution in [0.4, 0.5) is 5.13 Å². The number of hydrogen-bond donors (Lipinski definition) is 1. The van der Waals surface area contributed by atoms with Crippen LogP contribution in [0.1, 0.15) is 9.67 Å². The molecule has 0 saturated carbocycles. The van der Waals surface area contributed by atoms with Crippen LogP contribution in [0, 0.1) is 0 Å². The Kier molecular flexibility index (Phi) is 3.46. The molecule has 0 aliphatic carbocycles. The van der Waals surface area contributed by atoms with E-state index in [1.54, 1.807) is 0 Å². The molecular formula is C8H9ClN2O3S2. The minimum Gasteiger partial charge on any atom is -0.477 e. The summed E-state index contributed by atoms with van der Waals surface area (Å²) < 4.78 is 11.2. The van der Waals surface area contributed by atoms with E-state index in [0.29, 0.717) is 29.7 Å². The largest absolute Gasteiger partial charge is 0.477 e. The molecule has 0 atom stereocenters. The Morgan fingerprint density at radius 2 is 2.12 bits per heavy atom. The maximum atomic E-state index is 11.2. The normalized spacial score (nSPS) is 17.7. The number of aromatic nitrogens is 1. The number of carboxylic acid groups (broad SMARTS) is 1. The summed E-state index contributed by atoms with van der Waals surface area (Å²) in [5.41, 5.74) is 0. The zero-order valence-electron chi connectivity index (χ0n) is 8.18. The number of rotatable bonds is 2. The number of hydrogen-bond acceptors (Lipinski definition) is 5. The molecule has 1 aliphatic heterocycles. The maximum Gasteiger partial charge on any atom is 0.349 e. The molecule has 0 amide bonds. The monoisotopic (exact) mass is 280 g/mol. The number of carboxylic acids is 1. The number of nitrogens with zero attached hydrogens (tertiary/aromatic N) is 2. The molecule has 1 aromatic heterocycles. The Labute approximate surface area is 104 Å². The van der Waals surface area contributed by atoms with Gasteiger partial charge in [0, 0.05) is 35.4 Å². The van der Waals surface area contributed by atoms with Crippen LogP contribution in [0.3, 0.4) is 0 Å². The van der Waals surface area contributed by atoms with Gasteiger partial charge in [-0.2, -0.15) is 0 Å². The van der Waals surface area contributed by atoms with Gasteiger partial charge in [0.25, 0.3) is 0 Å². The first-order chi connectivity index (χ1) is 7.58. The van der Waals surface area contributed by atoms with E-state index in [9.17, 15) is 9.00 Å². The molecule has 2 heterocycles. The predicted octanol–water partition coefficient (Wildman–Crippen LogP) is 1.06. The van der Waals surface area contributed by atoms with Gasteiger partial charge in [-0.3, -0.25) is 4.21 Å². The van der Waals surface area contributed by atoms with Gasteiger partial charge in [-0.1, -0.05) is 22.9 Å². The first kappa shape index (κ1) is 11.8. The lowest BCUT2D eigenvalue weighted by molar-refractivity contribution is 0.0702. The highest BCUT2D eigenvalue weighted by Gasteiger charge is 2.22. The zero-order valence-corrected chi connectivity index (χ0v) is 10.6. The molecule has 0 bridgehead atoms. The smallest absolute Gasteiger partial charge is 0.349 e. The highest BCUT2D eigenvalue weighted by Crippen LogP contribution is 2.30. The Morgan fingerprint density at radius 1 is 1.50 bits per heavy atom. The third-order valence-electron chi connectivity index (χ3n) is 2.22. The van der Waals surface area contributed by atoms with Crippen molar-refractivity contribution in [2.75, 3.05) is 29.5 Å². The highest BCUT2D eigenvalue weighted by atomic mass is 35.5. The SMILES string of the molecule is O=C(O)c1sc(N2CCS(=O)CC2)nc1Cl. The van der Waals surface area contributed by atoms with Crippen LogP contribution < -0.4 is 4.90 Å². The van der Waals surface area contributed by atoms with E-state index in [-0.39, 0.29) is 10.0 Å². The Hall–Kier alpha value is -0.660. The molecule has 5 nitrogen and oxygen atoms in total. The molecule has 0 spiro atoms. The topological polar surface area (TPSA) is 70.5 Å². The molecule has 88 valence electrons. The van der Waals surface area contributed by atoms with Gasteiger partial charge in [0.05, 0.1) is 0 Å². The number of aromatic carboxylic acids is 1. The molecule has 2 rings (SSSR count). The van der Waals surface area contributed by atoms with Crippen LogP contribution in [0.25, 0.3) is 0 Å². The van der Waals surface area contributed by atoms with Crippen LogP contribution in [0.2, 0.25) is 5.15 Å². The molecule has 1 fully saturated rings. The summed E-state index contributed by atoms with van der Waals surface area (Å²) in [6.07, 6.45) is 0. The van der Waals surface area contributed by atoms with Crippen molar-refractivity contribution < 1.29 is 14.1 Å². The molecule has 1 aliphatic rings. The predicted molar refractivity (Wildman–Crippen MR) is 64.2 cm³/mol. The quantitative estimate of drug-likeness (QED) is 0.877. The van der Waals surface area contributed by atoms with Crippen molar-refractivity contribution in [1.29, 1.82) is 0 Å². The molecule has 1 N–H and O–H groups in total. The van der Waals surface area contributed by atoms with Gasteiger partial charge in [0.2, 0.25) is 0 Å². The van der Waals surface area contributed by atoms with E-state index in [1.165, 1.54) is 0 Å². The molecule has 1 aromatic rings. The summed E-state index contributed by atoms with van der Waals surface area (Å²) in [5.74, 6) is 0.133. The third-order valence-corrected chi connectivity index (χ3v) is 4.98. The molecule has 1 saturated heterocycles. The summed E-state index contributed by atoms with van der Waals surface area (Å²) in [7, 11) is -0.756. The number of thiazole rings is 1. The van der Waals surface area contributed by atoms with Crippen molar-refractivity contribution in [3.05, 3.63) is 10.0 Å². The standard InChI is InChI=1S/C8H9ClN2O3S2/c9-6-5(7(12)13)15-8(10-6)11-1-3-16(14)4-2-11/h1-4H2,(H,12,13). The average Bonchev–Trinajstić information content (AvgIpc) is 2.61. The van der Waals surface area contributed by atoms with Gasteiger partial charge in [0.1, 0.15) is 0 Å². The molecule has 0 unspecified atom stereocenters. The van der Waals surface area contributed by atoms with Crippen molar-refractivity contribution in [2.45, 2.75) is 0 Å². The second-order valence-corrected chi connectivity index (χ2v) is 6.29. The summed E-state index contributed by atoms with van der Waals surface area (Å²) in [4.78, 5) is 16.8. The lowest BCUT2D eigenvalue weighted by atomic mass is 10.5. The fourth-order valence-corrected chi connectivity index (χ4v) is 3.61. The van der Waals surface area contributed by atoms with E-state index in [1.807, 2.05) is 4.90 Å². The summed E-state index contributed by atoms with van der Waals surface area (Å²) >= 11 is 6.78. The highest BCUT2D eigenvalue weighted by molar-refractivity contribution is 7.85. The number of anilines is 1. The molecular weight excluding hydrogens is 272 g/mol. The van der Waals surface area contributed by atoms with Gasteiger partial charge in [-0.25, -0.2) is 9.78 Å². The van der Waals surface area contributed by atoms with Gasteiger partial charge >= 0.3 is 5.97 Å². The molecule has 0 aromatic carbocycles. The van der Waals surface area contributed by atoms with Crippen molar-refractivity contribution in [3.8, 4) is 0 Å². The van der Waals surface area contributed by atoms with Crippen molar-refractivity contribution in [2.24, 2.45) is 0 Å². The van der Waals surface area contributed by atoms with E-state index in [2.05, 4.69) is 4.98 Å². The van der Waals surface area contributed by atoms with Crippen LogP contribution in [-0.4, -0.2) is 44.9 Å². The second-order valence-electron chi connectivity index (χ2n) is 3.26. The third kappa shape index (κ3) is 2.36. The second kappa shape index (κ2) is 4.68. The van der Waals surface area contributed by atoms with E-state index in [0.717, 1.165) is 11.3 Å². The summed E-state index contributed by atoms with van der Waals surface area (Å²) in [6.45, 7) is 1.27. The van der Waals surface area contributed by atoms with E-state index >= 15 is 0 Å². The minimum atomic E-state index is -1.06. The lowest BCUT2D eigenvalue weighted by Gasteiger charge is -2.25. The van der Waals surface area contributed by atoms with Crippen LogP contribution in [0.5, 0.6) is 0 Å². The first-order valence-electron chi connectivity index (χ1n) is 4.57. The zero-order chi connectivity index (χ0) is 11.7. The first-order valence-corrected chi connectivity index (χ1v) is 7.25. The summed E-state index contributed by atoms with van der Waals surface area (Å²) in [5, 5.41) is 9.46. The lowest BCUT2D eigenvalue weighted by Crippen LogP contribution is -2.37. The Balaban J connectivity index is 2.18. The van der Waals surface area contributed by atoms with Crippen LogP contribution in [-0.2, 0) is 10.8 Å². The van der Waals surface area contributed by atoms with Crippen molar-refractivity contribution in [1.82, 2.24) is 4.98 Å². The number of halogens is 1. The molecule has 8 heteroatoms. The average molecular weight is 281 g/mol. The fourth-order valence-electron chi connectivity index (χ4n) is 1.39. The van der Waals surface area contributed by atoms with E-state index < -0.39 is 16.8 Å². The summed E-state index contributed by atoms with van der Waals surface area (Å²) in [6, 6.07) is 0. The molecule has 16 heavy (non-hydrogen) atoms. The van der Waals surface area contributed by atoms with Gasteiger partial charge in [-0.15, -0.1) is 0 Å². The Bertz CT molecular complexity index is 438.